The molecule has 26 heavy (non-hydrogen) atoms. The lowest BCUT2D eigenvalue weighted by atomic mass is 10.1. The first kappa shape index (κ1) is 18.1. The zero-order chi connectivity index (χ0) is 18.7. The minimum atomic E-state index is -0.444. The molecule has 1 aliphatic rings. The van der Waals surface area contributed by atoms with Crippen LogP contribution in [0.4, 0.5) is 0 Å². The molecule has 0 aromatic heterocycles. The topological polar surface area (TPSA) is 72.6 Å². The van der Waals surface area contributed by atoms with Gasteiger partial charge >= 0.3 is 0 Å². The van der Waals surface area contributed by atoms with E-state index in [0.717, 1.165) is 17.7 Å². The first-order valence-corrected chi connectivity index (χ1v) is 8.94. The summed E-state index contributed by atoms with van der Waals surface area (Å²) < 4.78 is 5.74. The van der Waals surface area contributed by atoms with Gasteiger partial charge in [0.05, 0.1) is 17.7 Å². The van der Waals surface area contributed by atoms with Crippen molar-refractivity contribution >= 4 is 11.8 Å². The highest BCUT2D eigenvalue weighted by molar-refractivity contribution is 6.21. The van der Waals surface area contributed by atoms with Crippen molar-refractivity contribution in [3.8, 4) is 5.75 Å². The highest BCUT2D eigenvalue weighted by atomic mass is 16.5. The normalized spacial score (nSPS) is 15.7. The van der Waals surface area contributed by atoms with Crippen LogP contribution >= 0.6 is 0 Å². The molecule has 2 atom stereocenters. The van der Waals surface area contributed by atoms with Gasteiger partial charge in [0, 0.05) is 12.6 Å². The predicted octanol–water partition coefficient (Wildman–Crippen LogP) is 3.41. The largest absolute Gasteiger partial charge is 0.493 e. The van der Waals surface area contributed by atoms with Gasteiger partial charge in [0.2, 0.25) is 0 Å². The maximum atomic E-state index is 12.4. The third kappa shape index (κ3) is 3.63. The third-order valence-electron chi connectivity index (χ3n) is 4.80. The number of nitrogens with two attached hydrogens (primary N) is 1. The SMILES string of the molecule is CC[C@H](C)COc1ccc([C@@H](N)CN2C(=O)c3ccccc3C2=O)cc1. The number of carbonyl (C=O) groups is 2. The Bertz CT molecular complexity index is 766. The van der Waals surface area contributed by atoms with Gasteiger partial charge in [-0.3, -0.25) is 14.5 Å². The summed E-state index contributed by atoms with van der Waals surface area (Å²) in [4.78, 5) is 26.1. The first-order chi connectivity index (χ1) is 12.5. The Hall–Kier alpha value is -2.66. The molecule has 0 saturated heterocycles. The van der Waals surface area contributed by atoms with Gasteiger partial charge in [-0.2, -0.15) is 0 Å². The van der Waals surface area contributed by atoms with E-state index < -0.39 is 6.04 Å². The van der Waals surface area contributed by atoms with Crippen LogP contribution in [0, 0.1) is 5.92 Å². The van der Waals surface area contributed by atoms with Crippen LogP contribution in [0.3, 0.4) is 0 Å². The van der Waals surface area contributed by atoms with E-state index in [1.807, 2.05) is 24.3 Å². The average Bonchev–Trinajstić information content (AvgIpc) is 2.91. The number of imide groups is 1. The molecule has 0 aliphatic carbocycles. The maximum absolute atomic E-state index is 12.4. The van der Waals surface area contributed by atoms with Crippen LogP contribution in [-0.2, 0) is 0 Å². The number of hydrogen-bond donors (Lipinski definition) is 1. The van der Waals surface area contributed by atoms with Crippen LogP contribution in [0.2, 0.25) is 0 Å². The molecule has 0 saturated carbocycles. The number of carbonyl (C=O) groups excluding carboxylic acids is 2. The molecule has 1 aliphatic heterocycles. The second-order valence-corrected chi connectivity index (χ2v) is 6.77. The molecule has 0 radical (unpaired) electrons. The fourth-order valence-electron chi connectivity index (χ4n) is 2.87. The number of benzene rings is 2. The summed E-state index contributed by atoms with van der Waals surface area (Å²) in [5, 5.41) is 0. The van der Waals surface area contributed by atoms with Crippen molar-refractivity contribution in [1.29, 1.82) is 0 Å². The lowest BCUT2D eigenvalue weighted by molar-refractivity contribution is 0.0644. The molecule has 0 spiro atoms. The Kier molecular flexibility index (Phi) is 5.38. The van der Waals surface area contributed by atoms with Gasteiger partial charge < -0.3 is 10.5 Å². The van der Waals surface area contributed by atoms with Crippen LogP contribution in [0.15, 0.2) is 48.5 Å². The second-order valence-electron chi connectivity index (χ2n) is 6.77. The lowest BCUT2D eigenvalue weighted by Gasteiger charge is -2.20. The summed E-state index contributed by atoms with van der Waals surface area (Å²) in [6.45, 7) is 5.11. The molecule has 136 valence electrons. The van der Waals surface area contributed by atoms with Gasteiger partial charge in [0.1, 0.15) is 5.75 Å². The summed E-state index contributed by atoms with van der Waals surface area (Å²) in [5.74, 6) is 0.733. The molecule has 1 heterocycles. The number of rotatable bonds is 7. The summed E-state index contributed by atoms with van der Waals surface area (Å²) in [6.07, 6.45) is 1.07. The molecule has 2 N–H and O–H groups in total. The van der Waals surface area contributed by atoms with Gasteiger partial charge in [-0.15, -0.1) is 0 Å². The van der Waals surface area contributed by atoms with E-state index in [4.69, 9.17) is 10.5 Å². The molecule has 2 aromatic rings. The van der Waals surface area contributed by atoms with Crippen LogP contribution in [0.5, 0.6) is 5.75 Å². The Balaban J connectivity index is 1.64. The van der Waals surface area contributed by atoms with Gasteiger partial charge in [-0.05, 0) is 35.7 Å². The Morgan fingerprint density at radius 2 is 1.58 bits per heavy atom. The van der Waals surface area contributed by atoms with Gasteiger partial charge in [-0.1, -0.05) is 44.5 Å². The quantitative estimate of drug-likeness (QED) is 0.775. The molecule has 2 aromatic carbocycles. The van der Waals surface area contributed by atoms with Crippen LogP contribution in [-0.4, -0.2) is 29.9 Å². The molecule has 5 nitrogen and oxygen atoms in total. The lowest BCUT2D eigenvalue weighted by Crippen LogP contribution is -2.36. The Morgan fingerprint density at radius 1 is 1.00 bits per heavy atom. The average molecular weight is 352 g/mol. The number of amides is 2. The summed E-state index contributed by atoms with van der Waals surface area (Å²) in [6, 6.07) is 13.9. The van der Waals surface area contributed by atoms with E-state index in [2.05, 4.69) is 13.8 Å². The summed E-state index contributed by atoms with van der Waals surface area (Å²) in [5.41, 5.74) is 7.99. The standard InChI is InChI=1S/C21H24N2O3/c1-3-14(2)13-26-16-10-8-15(9-11-16)19(22)12-23-20(24)17-6-4-5-7-18(17)21(23)25/h4-11,14,19H,3,12-13,22H2,1-2H3/t14-,19-/m0/s1. The second kappa shape index (κ2) is 7.70. The van der Waals surface area contributed by atoms with E-state index in [-0.39, 0.29) is 18.4 Å². The van der Waals surface area contributed by atoms with Gasteiger partial charge in [0.15, 0.2) is 0 Å². The fourth-order valence-corrected chi connectivity index (χ4v) is 2.87. The highest BCUT2D eigenvalue weighted by Gasteiger charge is 2.35. The van der Waals surface area contributed by atoms with E-state index in [1.54, 1.807) is 24.3 Å². The zero-order valence-electron chi connectivity index (χ0n) is 15.1. The smallest absolute Gasteiger partial charge is 0.261 e. The fraction of sp³-hybridized carbons (Fsp3) is 0.333. The van der Waals surface area contributed by atoms with Crippen molar-refractivity contribution < 1.29 is 14.3 Å². The first-order valence-electron chi connectivity index (χ1n) is 8.94. The molecule has 3 rings (SSSR count). The van der Waals surface area contributed by atoms with Gasteiger partial charge in [0.25, 0.3) is 11.8 Å². The number of hydrogen-bond acceptors (Lipinski definition) is 4. The highest BCUT2D eigenvalue weighted by Crippen LogP contribution is 2.25. The van der Waals surface area contributed by atoms with Gasteiger partial charge in [-0.25, -0.2) is 0 Å². The van der Waals surface area contributed by atoms with Crippen LogP contribution in [0.1, 0.15) is 52.6 Å². The van der Waals surface area contributed by atoms with E-state index in [1.165, 1.54) is 4.90 Å². The Morgan fingerprint density at radius 3 is 2.12 bits per heavy atom. The molecule has 0 unspecified atom stereocenters. The summed E-state index contributed by atoms with van der Waals surface area (Å²) in [7, 11) is 0. The van der Waals surface area contributed by atoms with Crippen LogP contribution in [0.25, 0.3) is 0 Å². The van der Waals surface area contributed by atoms with Crippen molar-refractivity contribution in [1.82, 2.24) is 4.90 Å². The van der Waals surface area contributed by atoms with E-state index >= 15 is 0 Å². The van der Waals surface area contributed by atoms with Crippen molar-refractivity contribution in [3.05, 3.63) is 65.2 Å². The molecule has 5 heteroatoms. The maximum Gasteiger partial charge on any atom is 0.261 e. The summed E-state index contributed by atoms with van der Waals surface area (Å²) >= 11 is 0. The molecular formula is C21H24N2O3. The zero-order valence-corrected chi connectivity index (χ0v) is 15.1. The van der Waals surface area contributed by atoms with E-state index in [0.29, 0.717) is 23.7 Å². The number of nitrogens with zero attached hydrogens (tertiary/aromatic N) is 1. The van der Waals surface area contributed by atoms with Crippen molar-refractivity contribution in [2.24, 2.45) is 11.7 Å². The molecule has 0 bridgehead atoms. The number of fused-ring (bicyclic) bond motifs is 1. The molecule has 2 amide bonds. The predicted molar refractivity (Wildman–Crippen MR) is 100 cm³/mol. The molecule has 0 fully saturated rings. The third-order valence-corrected chi connectivity index (χ3v) is 4.80. The van der Waals surface area contributed by atoms with Crippen molar-refractivity contribution in [3.63, 3.8) is 0 Å². The minimum absolute atomic E-state index is 0.152. The minimum Gasteiger partial charge on any atom is -0.493 e. The van der Waals surface area contributed by atoms with Crippen molar-refractivity contribution in [2.45, 2.75) is 26.3 Å². The van der Waals surface area contributed by atoms with Crippen LogP contribution < -0.4 is 10.5 Å². The Labute approximate surface area is 153 Å². The molecular weight excluding hydrogens is 328 g/mol. The van der Waals surface area contributed by atoms with Crippen molar-refractivity contribution in [2.75, 3.05) is 13.2 Å². The number of ether oxygens (including phenoxy) is 1. The monoisotopic (exact) mass is 352 g/mol. The van der Waals surface area contributed by atoms with E-state index in [9.17, 15) is 9.59 Å².